The maximum absolute atomic E-state index is 12.1. The molecule has 0 saturated carbocycles. The van der Waals surface area contributed by atoms with Gasteiger partial charge in [0.15, 0.2) is 5.69 Å². The summed E-state index contributed by atoms with van der Waals surface area (Å²) in [5.74, 6) is -0.638. The van der Waals surface area contributed by atoms with Crippen LogP contribution in [0.3, 0.4) is 0 Å². The quantitative estimate of drug-likeness (QED) is 0.663. The number of hydrogen-bond donors (Lipinski definition) is 2. The van der Waals surface area contributed by atoms with E-state index in [2.05, 4.69) is 26.2 Å². The largest absolute Gasteiger partial charge is 0.358 e. The summed E-state index contributed by atoms with van der Waals surface area (Å²) < 4.78 is 0.768. The minimum atomic E-state index is -0.580. The Morgan fingerprint density at radius 3 is 2.60 bits per heavy atom. The van der Waals surface area contributed by atoms with E-state index in [-0.39, 0.29) is 11.5 Å². The van der Waals surface area contributed by atoms with Crippen LogP contribution in [0, 0.1) is 24.0 Å². The number of carbonyl (C=O) groups is 1. The summed E-state index contributed by atoms with van der Waals surface area (Å²) in [7, 11) is 0. The lowest BCUT2D eigenvalue weighted by molar-refractivity contribution is -0.389. The van der Waals surface area contributed by atoms with E-state index in [1.54, 1.807) is 0 Å². The third-order valence-electron chi connectivity index (χ3n) is 2.78. The molecule has 7 heteroatoms. The van der Waals surface area contributed by atoms with Gasteiger partial charge in [-0.25, -0.2) is 4.98 Å². The van der Waals surface area contributed by atoms with Crippen LogP contribution in [0.2, 0.25) is 0 Å². The van der Waals surface area contributed by atoms with Gasteiger partial charge in [0.1, 0.15) is 0 Å². The van der Waals surface area contributed by atoms with Gasteiger partial charge < -0.3 is 15.4 Å². The van der Waals surface area contributed by atoms with Crippen molar-refractivity contribution in [2.75, 3.05) is 5.32 Å². The Morgan fingerprint density at radius 2 is 2.05 bits per heavy atom. The third kappa shape index (κ3) is 2.88. The number of nitrogens with one attached hydrogen (secondary N) is 2. The zero-order valence-electron chi connectivity index (χ0n) is 10.9. The number of carbonyl (C=O) groups excluding carboxylic acids is 1. The molecule has 20 heavy (non-hydrogen) atoms. The summed E-state index contributed by atoms with van der Waals surface area (Å²) in [5.41, 5.74) is 2.77. The molecular weight excluding hydrogens is 326 g/mol. The van der Waals surface area contributed by atoms with Crippen molar-refractivity contribution in [1.29, 1.82) is 0 Å². The molecule has 2 aromatic rings. The van der Waals surface area contributed by atoms with E-state index >= 15 is 0 Å². The first kappa shape index (κ1) is 14.3. The summed E-state index contributed by atoms with van der Waals surface area (Å²) in [6, 6.07) is 6.47. The van der Waals surface area contributed by atoms with Crippen molar-refractivity contribution in [3.8, 4) is 0 Å². The van der Waals surface area contributed by atoms with Crippen LogP contribution in [-0.4, -0.2) is 15.8 Å². The number of nitrogens with zero attached hydrogens (tertiary/aromatic N) is 1. The number of aromatic amines is 1. The molecule has 2 N–H and O–H groups in total. The van der Waals surface area contributed by atoms with Gasteiger partial charge in [-0.1, -0.05) is 6.07 Å². The lowest BCUT2D eigenvalue weighted by atomic mass is 10.1. The predicted octanol–water partition coefficient (Wildman–Crippen LogP) is 3.55. The van der Waals surface area contributed by atoms with E-state index in [0.29, 0.717) is 5.69 Å². The van der Waals surface area contributed by atoms with Crippen molar-refractivity contribution >= 4 is 33.3 Å². The summed E-state index contributed by atoms with van der Waals surface area (Å²) in [6.45, 7) is 3.84. The first-order chi connectivity index (χ1) is 9.38. The van der Waals surface area contributed by atoms with Gasteiger partial charge >= 0.3 is 5.82 Å². The summed E-state index contributed by atoms with van der Waals surface area (Å²) in [4.78, 5) is 24.5. The molecule has 0 radical (unpaired) electrons. The Morgan fingerprint density at radius 1 is 1.35 bits per heavy atom. The minimum absolute atomic E-state index is 0.142. The highest BCUT2D eigenvalue weighted by Gasteiger charge is 2.17. The van der Waals surface area contributed by atoms with Crippen molar-refractivity contribution in [1.82, 2.24) is 4.98 Å². The van der Waals surface area contributed by atoms with Gasteiger partial charge in [0, 0.05) is 10.5 Å². The van der Waals surface area contributed by atoms with Gasteiger partial charge in [-0.3, -0.25) is 4.79 Å². The Bertz CT molecular complexity index is 671. The SMILES string of the molecule is Cc1cc(C)c(NC(=O)c2ccc([N+](=O)[O-])[nH]2)c(Br)c1. The number of H-pyrrole nitrogens is 1. The first-order valence-corrected chi connectivity index (χ1v) is 6.59. The van der Waals surface area contributed by atoms with E-state index in [1.807, 2.05) is 26.0 Å². The van der Waals surface area contributed by atoms with Crippen LogP contribution in [0.5, 0.6) is 0 Å². The number of halogens is 1. The van der Waals surface area contributed by atoms with Crippen LogP contribution >= 0.6 is 15.9 Å². The smallest absolute Gasteiger partial charge is 0.321 e. The van der Waals surface area contributed by atoms with Crippen LogP contribution < -0.4 is 5.32 Å². The van der Waals surface area contributed by atoms with Crippen molar-refractivity contribution in [2.45, 2.75) is 13.8 Å². The number of aromatic nitrogens is 1. The van der Waals surface area contributed by atoms with Gasteiger partial charge in [0.05, 0.1) is 5.69 Å². The Hall–Kier alpha value is -2.15. The predicted molar refractivity (Wildman–Crippen MR) is 79.0 cm³/mol. The average Bonchev–Trinajstić information content (AvgIpc) is 2.83. The molecule has 0 bridgehead atoms. The summed E-state index contributed by atoms with van der Waals surface area (Å²) >= 11 is 3.39. The lowest BCUT2D eigenvalue weighted by Gasteiger charge is -2.10. The molecule has 0 atom stereocenters. The van der Waals surface area contributed by atoms with Crippen LogP contribution in [0.15, 0.2) is 28.7 Å². The second-order valence-corrected chi connectivity index (χ2v) is 5.26. The highest BCUT2D eigenvalue weighted by Crippen LogP contribution is 2.28. The fourth-order valence-electron chi connectivity index (χ4n) is 1.88. The van der Waals surface area contributed by atoms with Gasteiger partial charge in [-0.15, -0.1) is 0 Å². The molecule has 0 aliphatic carbocycles. The number of amides is 1. The number of aryl methyl sites for hydroxylation is 2. The first-order valence-electron chi connectivity index (χ1n) is 5.80. The molecule has 0 unspecified atom stereocenters. The van der Waals surface area contributed by atoms with Gasteiger partial charge in [0.2, 0.25) is 0 Å². The monoisotopic (exact) mass is 337 g/mol. The van der Waals surface area contributed by atoms with Gasteiger partial charge in [-0.2, -0.15) is 0 Å². The number of rotatable bonds is 3. The Kier molecular flexibility index (Phi) is 3.89. The van der Waals surface area contributed by atoms with E-state index < -0.39 is 10.8 Å². The molecule has 0 aliphatic heterocycles. The fraction of sp³-hybridized carbons (Fsp3) is 0.154. The fourth-order valence-corrected chi connectivity index (χ4v) is 2.65. The molecule has 1 amide bonds. The zero-order chi connectivity index (χ0) is 14.9. The molecule has 6 nitrogen and oxygen atoms in total. The minimum Gasteiger partial charge on any atom is -0.358 e. The van der Waals surface area contributed by atoms with Crippen molar-refractivity contribution in [3.05, 3.63) is 55.7 Å². The highest BCUT2D eigenvalue weighted by molar-refractivity contribution is 9.10. The van der Waals surface area contributed by atoms with Crippen molar-refractivity contribution in [3.63, 3.8) is 0 Å². The average molecular weight is 338 g/mol. The summed E-state index contributed by atoms with van der Waals surface area (Å²) in [6.07, 6.45) is 0. The molecule has 104 valence electrons. The normalized spacial score (nSPS) is 10.3. The molecule has 0 spiro atoms. The zero-order valence-corrected chi connectivity index (χ0v) is 12.4. The number of anilines is 1. The van der Waals surface area contributed by atoms with Crippen LogP contribution in [0.25, 0.3) is 0 Å². The number of benzene rings is 1. The van der Waals surface area contributed by atoms with E-state index in [9.17, 15) is 14.9 Å². The number of nitro groups is 1. The standard InChI is InChI=1S/C13H12BrN3O3/c1-7-5-8(2)12(9(14)6-7)16-13(18)10-3-4-11(15-10)17(19)20/h3-6,15H,1-2H3,(H,16,18). The molecule has 0 saturated heterocycles. The summed E-state index contributed by atoms with van der Waals surface area (Å²) in [5, 5.41) is 13.3. The molecule has 1 aromatic carbocycles. The topological polar surface area (TPSA) is 88.0 Å². The highest BCUT2D eigenvalue weighted by atomic mass is 79.9. The van der Waals surface area contributed by atoms with Crippen LogP contribution in [0.4, 0.5) is 11.5 Å². The second kappa shape index (κ2) is 5.46. The third-order valence-corrected chi connectivity index (χ3v) is 3.41. The molecular formula is C13H12BrN3O3. The van der Waals surface area contributed by atoms with E-state index in [4.69, 9.17) is 0 Å². The molecule has 2 rings (SSSR count). The van der Waals surface area contributed by atoms with Crippen molar-refractivity contribution in [2.24, 2.45) is 0 Å². The molecule has 1 aromatic heterocycles. The van der Waals surface area contributed by atoms with E-state index in [1.165, 1.54) is 12.1 Å². The molecule has 0 fully saturated rings. The van der Waals surface area contributed by atoms with Gasteiger partial charge in [0.25, 0.3) is 5.91 Å². The van der Waals surface area contributed by atoms with Gasteiger partial charge in [-0.05, 0) is 58.0 Å². The second-order valence-electron chi connectivity index (χ2n) is 4.41. The van der Waals surface area contributed by atoms with Crippen LogP contribution in [0.1, 0.15) is 21.6 Å². The Balaban J connectivity index is 2.25. The Labute approximate surface area is 123 Å². The van der Waals surface area contributed by atoms with E-state index in [0.717, 1.165) is 15.6 Å². The number of hydrogen-bond acceptors (Lipinski definition) is 3. The maximum atomic E-state index is 12.1. The molecule has 0 aliphatic rings. The lowest BCUT2D eigenvalue weighted by Crippen LogP contribution is -2.14. The molecule has 1 heterocycles. The van der Waals surface area contributed by atoms with Crippen molar-refractivity contribution < 1.29 is 9.72 Å². The van der Waals surface area contributed by atoms with Crippen LogP contribution in [-0.2, 0) is 0 Å². The maximum Gasteiger partial charge on any atom is 0.321 e.